The summed E-state index contributed by atoms with van der Waals surface area (Å²) in [6.45, 7) is 3.30. The first-order chi connectivity index (χ1) is 11.5. The van der Waals surface area contributed by atoms with Crippen molar-refractivity contribution in [3.8, 4) is 11.5 Å². The lowest BCUT2D eigenvalue weighted by Gasteiger charge is -2.13. The summed E-state index contributed by atoms with van der Waals surface area (Å²) in [4.78, 5) is 0. The zero-order valence-corrected chi connectivity index (χ0v) is 16.4. The van der Waals surface area contributed by atoms with Crippen molar-refractivity contribution in [3.05, 3.63) is 57.6 Å². The Labute approximate surface area is 164 Å². The summed E-state index contributed by atoms with van der Waals surface area (Å²) in [7, 11) is 1.61. The molecule has 2 rings (SSSR count). The van der Waals surface area contributed by atoms with Gasteiger partial charge in [-0.3, -0.25) is 0 Å². The minimum atomic E-state index is -0.374. The lowest BCUT2D eigenvalue weighted by molar-refractivity contribution is 0.191. The van der Waals surface area contributed by atoms with Crippen LogP contribution in [0.15, 0.2) is 36.4 Å². The Morgan fingerprint density at radius 2 is 1.76 bits per heavy atom. The second kappa shape index (κ2) is 10.7. The lowest BCUT2D eigenvalue weighted by Crippen LogP contribution is -2.23. The molecular formula is C18H22Cl3NO3. The van der Waals surface area contributed by atoms with Crippen LogP contribution in [0.3, 0.4) is 0 Å². The van der Waals surface area contributed by atoms with Crippen LogP contribution in [0, 0.1) is 0 Å². The molecule has 0 saturated carbocycles. The molecule has 0 aliphatic heterocycles. The van der Waals surface area contributed by atoms with Crippen LogP contribution in [0.4, 0.5) is 0 Å². The molecule has 4 nitrogen and oxygen atoms in total. The quantitative estimate of drug-likeness (QED) is 0.679. The van der Waals surface area contributed by atoms with E-state index >= 15 is 0 Å². The average molecular weight is 407 g/mol. The van der Waals surface area contributed by atoms with Crippen LogP contribution in [0.25, 0.3) is 0 Å². The Kier molecular flexibility index (Phi) is 9.39. The number of halogens is 3. The third-order valence-electron chi connectivity index (χ3n) is 3.38. The molecule has 138 valence electrons. The van der Waals surface area contributed by atoms with E-state index in [1.54, 1.807) is 26.2 Å². The number of hydrogen-bond donors (Lipinski definition) is 2. The number of aliphatic hydroxyl groups is 1. The predicted octanol–water partition coefficient (Wildman–Crippen LogP) is 4.47. The summed E-state index contributed by atoms with van der Waals surface area (Å²) in [6.07, 6.45) is -0.374. The minimum Gasteiger partial charge on any atom is -0.493 e. The van der Waals surface area contributed by atoms with E-state index in [1.807, 2.05) is 24.3 Å². The molecular weight excluding hydrogens is 385 g/mol. The van der Waals surface area contributed by atoms with E-state index in [0.29, 0.717) is 41.2 Å². The van der Waals surface area contributed by atoms with Gasteiger partial charge < -0.3 is 19.9 Å². The molecule has 0 bridgehead atoms. The molecule has 2 aromatic carbocycles. The minimum absolute atomic E-state index is 0. The van der Waals surface area contributed by atoms with Gasteiger partial charge in [-0.15, -0.1) is 12.4 Å². The van der Waals surface area contributed by atoms with E-state index in [-0.39, 0.29) is 18.5 Å². The van der Waals surface area contributed by atoms with Crippen LogP contribution in [0.1, 0.15) is 18.1 Å². The van der Waals surface area contributed by atoms with E-state index in [1.165, 1.54) is 0 Å². The van der Waals surface area contributed by atoms with Gasteiger partial charge in [0.05, 0.1) is 23.3 Å². The maximum Gasteiger partial charge on any atom is 0.161 e. The number of aliphatic hydroxyl groups excluding tert-OH is 1. The van der Waals surface area contributed by atoms with Gasteiger partial charge in [-0.2, -0.15) is 0 Å². The first-order valence-electron chi connectivity index (χ1n) is 7.62. The number of ether oxygens (including phenoxy) is 2. The Hall–Kier alpha value is -1.17. The number of hydrogen-bond acceptors (Lipinski definition) is 4. The second-order valence-corrected chi connectivity index (χ2v) is 6.32. The maximum absolute atomic E-state index is 9.27. The van der Waals surface area contributed by atoms with Crippen LogP contribution in [-0.2, 0) is 13.2 Å². The standard InChI is InChI=1S/C18H21Cl2NO3.ClH/c1-12(22)9-21-10-13-4-6-17(18(8-13)23-2)24-11-14-3-5-15(19)16(20)7-14;/h3-8,12,21-22H,9-11H2,1-2H3;1H. The van der Waals surface area contributed by atoms with Crippen molar-refractivity contribution in [2.24, 2.45) is 0 Å². The highest BCUT2D eigenvalue weighted by Crippen LogP contribution is 2.29. The van der Waals surface area contributed by atoms with Crippen LogP contribution < -0.4 is 14.8 Å². The summed E-state index contributed by atoms with van der Waals surface area (Å²) in [5, 5.41) is 13.5. The highest BCUT2D eigenvalue weighted by molar-refractivity contribution is 6.42. The normalized spacial score (nSPS) is 11.6. The second-order valence-electron chi connectivity index (χ2n) is 5.50. The Morgan fingerprint density at radius 3 is 2.40 bits per heavy atom. The number of nitrogens with one attached hydrogen (secondary N) is 1. The zero-order chi connectivity index (χ0) is 17.5. The number of methoxy groups -OCH3 is 1. The van der Waals surface area contributed by atoms with Crippen molar-refractivity contribution in [1.82, 2.24) is 5.32 Å². The van der Waals surface area contributed by atoms with Crippen LogP contribution in [-0.4, -0.2) is 24.9 Å². The highest BCUT2D eigenvalue weighted by atomic mass is 35.5. The fraction of sp³-hybridized carbons (Fsp3) is 0.333. The Bertz CT molecular complexity index is 681. The van der Waals surface area contributed by atoms with Gasteiger partial charge in [-0.1, -0.05) is 35.3 Å². The van der Waals surface area contributed by atoms with Gasteiger partial charge >= 0.3 is 0 Å². The molecule has 0 aromatic heterocycles. The third-order valence-corrected chi connectivity index (χ3v) is 4.11. The smallest absolute Gasteiger partial charge is 0.161 e. The van der Waals surface area contributed by atoms with Gasteiger partial charge in [0, 0.05) is 13.1 Å². The van der Waals surface area contributed by atoms with Crippen molar-refractivity contribution in [3.63, 3.8) is 0 Å². The van der Waals surface area contributed by atoms with Crippen molar-refractivity contribution in [2.45, 2.75) is 26.2 Å². The summed E-state index contributed by atoms with van der Waals surface area (Å²) < 4.78 is 11.2. The van der Waals surface area contributed by atoms with Crippen molar-refractivity contribution >= 4 is 35.6 Å². The number of benzene rings is 2. The molecule has 0 amide bonds. The fourth-order valence-electron chi connectivity index (χ4n) is 2.16. The van der Waals surface area contributed by atoms with Crippen molar-refractivity contribution < 1.29 is 14.6 Å². The van der Waals surface area contributed by atoms with Crippen LogP contribution >= 0.6 is 35.6 Å². The van der Waals surface area contributed by atoms with Crippen LogP contribution in [0.5, 0.6) is 11.5 Å². The molecule has 0 radical (unpaired) electrons. The van der Waals surface area contributed by atoms with E-state index in [9.17, 15) is 5.11 Å². The molecule has 25 heavy (non-hydrogen) atoms. The van der Waals surface area contributed by atoms with Gasteiger partial charge in [-0.25, -0.2) is 0 Å². The predicted molar refractivity (Wildman–Crippen MR) is 104 cm³/mol. The zero-order valence-electron chi connectivity index (χ0n) is 14.1. The fourth-order valence-corrected chi connectivity index (χ4v) is 2.48. The Morgan fingerprint density at radius 1 is 1.04 bits per heavy atom. The van der Waals surface area contributed by atoms with Crippen molar-refractivity contribution in [1.29, 1.82) is 0 Å². The average Bonchev–Trinajstić information content (AvgIpc) is 2.56. The lowest BCUT2D eigenvalue weighted by atomic mass is 10.2. The molecule has 1 unspecified atom stereocenters. The molecule has 0 aliphatic rings. The van der Waals surface area contributed by atoms with Crippen LogP contribution in [0.2, 0.25) is 10.0 Å². The van der Waals surface area contributed by atoms with Gasteiger partial charge in [0.25, 0.3) is 0 Å². The molecule has 0 saturated heterocycles. The third kappa shape index (κ3) is 6.92. The molecule has 2 N–H and O–H groups in total. The topological polar surface area (TPSA) is 50.7 Å². The Balaban J connectivity index is 0.00000312. The maximum atomic E-state index is 9.27. The monoisotopic (exact) mass is 405 g/mol. The van der Waals surface area contributed by atoms with Crippen molar-refractivity contribution in [2.75, 3.05) is 13.7 Å². The summed E-state index contributed by atoms with van der Waals surface area (Å²) in [6, 6.07) is 11.1. The highest BCUT2D eigenvalue weighted by Gasteiger charge is 2.07. The summed E-state index contributed by atoms with van der Waals surface area (Å²) in [5.41, 5.74) is 1.98. The van der Waals surface area contributed by atoms with Gasteiger partial charge in [0.15, 0.2) is 11.5 Å². The van der Waals surface area contributed by atoms with Gasteiger partial charge in [0.1, 0.15) is 6.61 Å². The molecule has 7 heteroatoms. The largest absolute Gasteiger partial charge is 0.493 e. The van der Waals surface area contributed by atoms with E-state index in [2.05, 4.69) is 5.32 Å². The first kappa shape index (κ1) is 21.9. The molecule has 2 aromatic rings. The molecule has 0 spiro atoms. The summed E-state index contributed by atoms with van der Waals surface area (Å²) in [5.74, 6) is 1.31. The first-order valence-corrected chi connectivity index (χ1v) is 8.37. The van der Waals surface area contributed by atoms with E-state index in [4.69, 9.17) is 32.7 Å². The molecule has 0 heterocycles. The molecule has 0 aliphatic carbocycles. The summed E-state index contributed by atoms with van der Waals surface area (Å²) >= 11 is 11.9. The number of rotatable bonds is 8. The van der Waals surface area contributed by atoms with E-state index < -0.39 is 0 Å². The van der Waals surface area contributed by atoms with E-state index in [0.717, 1.165) is 11.1 Å². The molecule has 1 atom stereocenters. The molecule has 0 fully saturated rings. The van der Waals surface area contributed by atoms with Gasteiger partial charge in [-0.05, 0) is 42.3 Å². The SMILES string of the molecule is COc1cc(CNCC(C)O)ccc1OCc1ccc(Cl)c(Cl)c1.Cl. The van der Waals surface area contributed by atoms with Gasteiger partial charge in [0.2, 0.25) is 0 Å².